The maximum absolute atomic E-state index is 10.5. The number of unbranched alkanes of at least 4 members (excludes halogenated alkanes) is 1. The summed E-state index contributed by atoms with van der Waals surface area (Å²) in [6.45, 7) is 2.20. The first-order valence-corrected chi connectivity index (χ1v) is 9.80. The molecule has 2 saturated heterocycles. The van der Waals surface area contributed by atoms with Crippen LogP contribution in [0.4, 0.5) is 0 Å². The van der Waals surface area contributed by atoms with Gasteiger partial charge in [0.2, 0.25) is 0 Å². The summed E-state index contributed by atoms with van der Waals surface area (Å²) in [6, 6.07) is 0. The van der Waals surface area contributed by atoms with E-state index in [0.717, 1.165) is 26.1 Å². The number of carboxylic acids is 1. The molecule has 1 aliphatic carbocycles. The minimum atomic E-state index is -0.726. The van der Waals surface area contributed by atoms with E-state index in [1.165, 1.54) is 38.5 Å². The molecule has 0 amide bonds. The standard InChI is InChI=1S/C19H32O5/c20-19(21)8-4-5-11-22-12-15-16(18-10-9-17(15)24-18)13-23-14-6-2-1-3-7-14/h14-18H,1-13H2,(H,20,21)/t15-,16+,17-,18+/m0/s1. The van der Waals surface area contributed by atoms with Crippen LogP contribution in [0.25, 0.3) is 0 Å². The van der Waals surface area contributed by atoms with Crippen molar-refractivity contribution in [1.82, 2.24) is 0 Å². The third-order valence-electron chi connectivity index (χ3n) is 5.91. The fraction of sp³-hybridized carbons (Fsp3) is 0.947. The smallest absolute Gasteiger partial charge is 0.303 e. The SMILES string of the molecule is O=C(O)CCCCOC[C@H]1[C@@H](COC2CCCCC2)[C@H]2CC[C@@H]1O2. The second kappa shape index (κ2) is 9.16. The second-order valence-corrected chi connectivity index (χ2v) is 7.64. The summed E-state index contributed by atoms with van der Waals surface area (Å²) in [6.07, 6.45) is 11.6. The summed E-state index contributed by atoms with van der Waals surface area (Å²) < 4.78 is 18.2. The highest BCUT2D eigenvalue weighted by Gasteiger charge is 2.49. The van der Waals surface area contributed by atoms with Gasteiger partial charge in [-0.25, -0.2) is 0 Å². The molecule has 4 atom stereocenters. The maximum atomic E-state index is 10.5. The first-order chi connectivity index (χ1) is 11.7. The van der Waals surface area contributed by atoms with Crippen molar-refractivity contribution in [3.05, 3.63) is 0 Å². The molecule has 5 heteroatoms. The molecule has 1 saturated carbocycles. The molecule has 24 heavy (non-hydrogen) atoms. The predicted molar refractivity (Wildman–Crippen MR) is 90.0 cm³/mol. The topological polar surface area (TPSA) is 65.0 Å². The first kappa shape index (κ1) is 18.2. The fourth-order valence-corrected chi connectivity index (χ4v) is 4.51. The van der Waals surface area contributed by atoms with Crippen molar-refractivity contribution in [2.75, 3.05) is 19.8 Å². The summed E-state index contributed by atoms with van der Waals surface area (Å²) >= 11 is 0. The predicted octanol–water partition coefficient (Wildman–Crippen LogP) is 3.40. The van der Waals surface area contributed by atoms with Gasteiger partial charge in [-0.05, 0) is 38.5 Å². The van der Waals surface area contributed by atoms with Crippen LogP contribution in [-0.2, 0) is 19.0 Å². The molecule has 2 bridgehead atoms. The van der Waals surface area contributed by atoms with Gasteiger partial charge in [0.15, 0.2) is 0 Å². The Morgan fingerprint density at radius 2 is 1.67 bits per heavy atom. The molecule has 3 rings (SSSR count). The van der Waals surface area contributed by atoms with E-state index in [1.807, 2.05) is 0 Å². The van der Waals surface area contributed by atoms with Gasteiger partial charge in [0.25, 0.3) is 0 Å². The van der Waals surface area contributed by atoms with Gasteiger partial charge in [0, 0.05) is 24.9 Å². The fourth-order valence-electron chi connectivity index (χ4n) is 4.51. The average molecular weight is 340 g/mol. The summed E-state index contributed by atoms with van der Waals surface area (Å²) in [5.41, 5.74) is 0. The Morgan fingerprint density at radius 1 is 0.958 bits per heavy atom. The van der Waals surface area contributed by atoms with Gasteiger partial charge in [0.05, 0.1) is 31.5 Å². The summed E-state index contributed by atoms with van der Waals surface area (Å²) in [7, 11) is 0. The van der Waals surface area contributed by atoms with E-state index in [-0.39, 0.29) is 6.42 Å². The van der Waals surface area contributed by atoms with Gasteiger partial charge in [-0.15, -0.1) is 0 Å². The molecule has 3 fully saturated rings. The normalized spacial score (nSPS) is 33.2. The van der Waals surface area contributed by atoms with Crippen LogP contribution < -0.4 is 0 Å². The second-order valence-electron chi connectivity index (χ2n) is 7.64. The van der Waals surface area contributed by atoms with Crippen LogP contribution >= 0.6 is 0 Å². The van der Waals surface area contributed by atoms with Crippen molar-refractivity contribution in [3.63, 3.8) is 0 Å². The first-order valence-electron chi connectivity index (χ1n) is 9.80. The van der Waals surface area contributed by atoms with Crippen molar-refractivity contribution < 1.29 is 24.1 Å². The van der Waals surface area contributed by atoms with Gasteiger partial charge in [0.1, 0.15) is 0 Å². The summed E-state index contributed by atoms with van der Waals surface area (Å²) in [5.74, 6) is 0.202. The van der Waals surface area contributed by atoms with Gasteiger partial charge in [-0.3, -0.25) is 4.79 Å². The zero-order chi connectivity index (χ0) is 16.8. The lowest BCUT2D eigenvalue weighted by Gasteiger charge is -2.30. The van der Waals surface area contributed by atoms with Gasteiger partial charge >= 0.3 is 5.97 Å². The van der Waals surface area contributed by atoms with Crippen LogP contribution in [0.1, 0.15) is 64.2 Å². The molecule has 0 aromatic rings. The number of fused-ring (bicyclic) bond motifs is 2. The number of hydrogen-bond donors (Lipinski definition) is 1. The Balaban J connectivity index is 1.37. The molecule has 0 aromatic heterocycles. The van der Waals surface area contributed by atoms with E-state index >= 15 is 0 Å². The summed E-state index contributed by atoms with van der Waals surface area (Å²) in [4.78, 5) is 10.5. The zero-order valence-corrected chi connectivity index (χ0v) is 14.7. The van der Waals surface area contributed by atoms with Crippen LogP contribution in [0.3, 0.4) is 0 Å². The molecule has 0 radical (unpaired) electrons. The van der Waals surface area contributed by atoms with Crippen LogP contribution in [0.2, 0.25) is 0 Å². The third kappa shape index (κ3) is 4.93. The molecule has 0 aromatic carbocycles. The Kier molecular flexibility index (Phi) is 6.93. The largest absolute Gasteiger partial charge is 0.481 e. The molecule has 0 spiro atoms. The van der Waals surface area contributed by atoms with Crippen molar-refractivity contribution in [2.45, 2.75) is 82.5 Å². The zero-order valence-electron chi connectivity index (χ0n) is 14.7. The Bertz CT molecular complexity index is 393. The highest BCUT2D eigenvalue weighted by molar-refractivity contribution is 5.66. The quantitative estimate of drug-likeness (QED) is 0.618. The Hall–Kier alpha value is -0.650. The molecule has 2 heterocycles. The molecular formula is C19H32O5. The number of carboxylic acid groups (broad SMARTS) is 1. The van der Waals surface area contributed by atoms with Crippen LogP contribution in [0, 0.1) is 11.8 Å². The van der Waals surface area contributed by atoms with Gasteiger partial charge in [-0.1, -0.05) is 19.3 Å². The van der Waals surface area contributed by atoms with E-state index in [2.05, 4.69) is 0 Å². The van der Waals surface area contributed by atoms with Crippen molar-refractivity contribution >= 4 is 5.97 Å². The van der Waals surface area contributed by atoms with Gasteiger partial charge in [-0.2, -0.15) is 0 Å². The Morgan fingerprint density at radius 3 is 2.38 bits per heavy atom. The number of ether oxygens (including phenoxy) is 3. The number of carbonyl (C=O) groups is 1. The lowest BCUT2D eigenvalue weighted by atomic mass is 9.80. The van der Waals surface area contributed by atoms with E-state index in [0.29, 0.717) is 43.2 Å². The summed E-state index contributed by atoms with van der Waals surface area (Å²) in [5, 5.41) is 8.64. The number of aliphatic carboxylic acids is 1. The van der Waals surface area contributed by atoms with Gasteiger partial charge < -0.3 is 19.3 Å². The molecule has 0 unspecified atom stereocenters. The monoisotopic (exact) mass is 340 g/mol. The van der Waals surface area contributed by atoms with E-state index in [4.69, 9.17) is 19.3 Å². The minimum Gasteiger partial charge on any atom is -0.481 e. The maximum Gasteiger partial charge on any atom is 0.303 e. The van der Waals surface area contributed by atoms with Crippen molar-refractivity contribution in [1.29, 1.82) is 0 Å². The molecular weight excluding hydrogens is 308 g/mol. The van der Waals surface area contributed by atoms with E-state index in [1.54, 1.807) is 0 Å². The molecule has 138 valence electrons. The lowest BCUT2D eigenvalue weighted by molar-refractivity contribution is -0.137. The Labute approximate surface area is 145 Å². The van der Waals surface area contributed by atoms with Crippen LogP contribution in [-0.4, -0.2) is 49.2 Å². The molecule has 5 nitrogen and oxygen atoms in total. The van der Waals surface area contributed by atoms with E-state index in [9.17, 15) is 4.79 Å². The molecule has 2 aliphatic heterocycles. The third-order valence-corrected chi connectivity index (χ3v) is 5.91. The molecule has 3 aliphatic rings. The number of rotatable bonds is 10. The van der Waals surface area contributed by atoms with Crippen molar-refractivity contribution in [2.24, 2.45) is 11.8 Å². The van der Waals surface area contributed by atoms with Crippen LogP contribution in [0.15, 0.2) is 0 Å². The highest BCUT2D eigenvalue weighted by atomic mass is 16.5. The minimum absolute atomic E-state index is 0.235. The number of hydrogen-bond acceptors (Lipinski definition) is 4. The highest BCUT2D eigenvalue weighted by Crippen LogP contribution is 2.44. The lowest BCUT2D eigenvalue weighted by Crippen LogP contribution is -2.35. The average Bonchev–Trinajstić information content (AvgIpc) is 3.18. The molecule has 1 N–H and O–H groups in total. The van der Waals surface area contributed by atoms with Crippen LogP contribution in [0.5, 0.6) is 0 Å². The van der Waals surface area contributed by atoms with Crippen molar-refractivity contribution in [3.8, 4) is 0 Å². The van der Waals surface area contributed by atoms with E-state index < -0.39 is 5.97 Å².